The number of ketones is 1. The zero-order valence-electron chi connectivity index (χ0n) is 24.9. The van der Waals surface area contributed by atoms with Crippen LogP contribution < -0.4 is 11.1 Å². The second-order valence-electron chi connectivity index (χ2n) is 8.69. The van der Waals surface area contributed by atoms with Crippen molar-refractivity contribution in [2.24, 2.45) is 11.7 Å². The van der Waals surface area contributed by atoms with Gasteiger partial charge in [0.15, 0.2) is 0 Å². The molecule has 2 unspecified atom stereocenters. The van der Waals surface area contributed by atoms with E-state index in [1.807, 2.05) is 18.9 Å². The van der Waals surface area contributed by atoms with Crippen LogP contribution in [-0.2, 0) is 35.0 Å². The van der Waals surface area contributed by atoms with Gasteiger partial charge in [-0.3, -0.25) is 4.79 Å². The van der Waals surface area contributed by atoms with Crippen molar-refractivity contribution in [1.82, 2.24) is 5.32 Å². The zero-order chi connectivity index (χ0) is 31.0. The maximum Gasteiger partial charge on any atom is 0.224 e. The van der Waals surface area contributed by atoms with Crippen molar-refractivity contribution in [2.45, 2.75) is 58.5 Å². The predicted octanol–water partition coefficient (Wildman–Crippen LogP) is 1.91. The van der Waals surface area contributed by atoms with Gasteiger partial charge in [0.1, 0.15) is 12.6 Å². The van der Waals surface area contributed by atoms with Crippen molar-refractivity contribution in [2.75, 3.05) is 60.3 Å². The molecule has 0 saturated carbocycles. The number of ether oxygens (including phenoxy) is 3. The maximum absolute atomic E-state index is 11.9. The summed E-state index contributed by atoms with van der Waals surface area (Å²) in [5.41, 5.74) is 6.17. The Labute approximate surface area is 241 Å². The van der Waals surface area contributed by atoms with Crippen molar-refractivity contribution in [1.29, 1.82) is 0 Å². The number of benzene rings is 1. The molecule has 0 radical (unpaired) electrons. The van der Waals surface area contributed by atoms with Crippen LogP contribution in [-0.4, -0.2) is 95.1 Å². The number of nitrogens with two attached hydrogens (primary N) is 1. The number of hydrogen-bond donors (Lipinski definition) is 4. The number of rotatable bonds is 19. The Bertz CT molecular complexity index is 743. The highest BCUT2D eigenvalue weighted by Crippen LogP contribution is 2.14. The summed E-state index contributed by atoms with van der Waals surface area (Å²) in [4.78, 5) is 30.8. The van der Waals surface area contributed by atoms with Crippen molar-refractivity contribution in [3.8, 4) is 12.3 Å². The first kappa shape index (κ1) is 41.8. The number of terminal acetylenes is 1. The third-order valence-electron chi connectivity index (χ3n) is 5.25. The summed E-state index contributed by atoms with van der Waals surface area (Å²) in [6.07, 6.45) is 8.60. The molecule has 0 saturated heterocycles. The molecule has 10 nitrogen and oxygen atoms in total. The molecular formula is C30H52N2O8. The second-order valence-corrected chi connectivity index (χ2v) is 8.69. The van der Waals surface area contributed by atoms with Crippen molar-refractivity contribution >= 4 is 18.5 Å². The van der Waals surface area contributed by atoms with Gasteiger partial charge in [-0.2, -0.15) is 0 Å². The van der Waals surface area contributed by atoms with E-state index in [1.165, 1.54) is 7.05 Å². The van der Waals surface area contributed by atoms with Gasteiger partial charge < -0.3 is 45.1 Å². The smallest absolute Gasteiger partial charge is 0.224 e. The summed E-state index contributed by atoms with van der Waals surface area (Å²) < 4.78 is 15.1. The fourth-order valence-electron chi connectivity index (χ4n) is 3.00. The van der Waals surface area contributed by atoms with Gasteiger partial charge in [0.05, 0.1) is 39.0 Å². The number of aliphatic hydroxyl groups is 2. The minimum atomic E-state index is -0.558. The van der Waals surface area contributed by atoms with Crippen LogP contribution in [0.15, 0.2) is 24.3 Å². The molecule has 1 amide bonds. The third-order valence-corrected chi connectivity index (χ3v) is 5.25. The Hall–Kier alpha value is -2.65. The summed E-state index contributed by atoms with van der Waals surface area (Å²) in [6.45, 7) is 9.12. The molecule has 10 heteroatoms. The Morgan fingerprint density at radius 1 is 1.02 bits per heavy atom. The molecule has 40 heavy (non-hydrogen) atoms. The predicted molar refractivity (Wildman–Crippen MR) is 158 cm³/mol. The third kappa shape index (κ3) is 29.9. The average molecular weight is 569 g/mol. The van der Waals surface area contributed by atoms with E-state index in [9.17, 15) is 14.7 Å². The number of Topliss-reactive ketones (excluding diaryl/α,β-unsaturated/α-hetero) is 1. The summed E-state index contributed by atoms with van der Waals surface area (Å²) in [5.74, 6) is 3.01. The maximum atomic E-state index is 11.9. The molecule has 0 aromatic heterocycles. The zero-order valence-corrected chi connectivity index (χ0v) is 24.9. The largest absolute Gasteiger partial charge is 0.396 e. The SMILES string of the molecule is C#Cc1ccc(CC(=O)NCC(O)CCC(C)CCC(C)=O)cc1.C=O.CN.COCCOCCOCCCO. The van der Waals surface area contributed by atoms with Crippen LogP contribution in [0.2, 0.25) is 0 Å². The highest BCUT2D eigenvalue weighted by atomic mass is 16.5. The van der Waals surface area contributed by atoms with E-state index in [2.05, 4.69) is 23.9 Å². The average Bonchev–Trinajstić information content (AvgIpc) is 2.98. The van der Waals surface area contributed by atoms with Crippen molar-refractivity contribution in [3.63, 3.8) is 0 Å². The fraction of sp³-hybridized carbons (Fsp3) is 0.633. The lowest BCUT2D eigenvalue weighted by atomic mass is 9.97. The summed E-state index contributed by atoms with van der Waals surface area (Å²) >= 11 is 0. The number of aliphatic hydroxyl groups excluding tert-OH is 2. The topological polar surface area (TPSA) is 157 Å². The highest BCUT2D eigenvalue weighted by Gasteiger charge is 2.11. The molecule has 5 N–H and O–H groups in total. The number of hydrogen-bond acceptors (Lipinski definition) is 9. The van der Waals surface area contributed by atoms with E-state index in [0.717, 1.165) is 24.0 Å². The van der Waals surface area contributed by atoms with E-state index in [1.54, 1.807) is 26.2 Å². The molecule has 2 atom stereocenters. The molecule has 230 valence electrons. The van der Waals surface area contributed by atoms with Gasteiger partial charge in [0, 0.05) is 38.9 Å². The van der Waals surface area contributed by atoms with Crippen LogP contribution in [0.25, 0.3) is 0 Å². The van der Waals surface area contributed by atoms with Gasteiger partial charge >= 0.3 is 0 Å². The lowest BCUT2D eigenvalue weighted by Crippen LogP contribution is -2.33. The molecule has 1 rings (SSSR count). The number of amides is 1. The van der Waals surface area contributed by atoms with Crippen LogP contribution in [0.4, 0.5) is 0 Å². The lowest BCUT2D eigenvalue weighted by molar-refractivity contribution is -0.121. The number of carbonyl (C=O) groups excluding carboxylic acids is 3. The van der Waals surface area contributed by atoms with E-state index in [4.69, 9.17) is 30.5 Å². The van der Waals surface area contributed by atoms with E-state index >= 15 is 0 Å². The first-order chi connectivity index (χ1) is 19.3. The number of carbonyl (C=O) groups is 3. The van der Waals surface area contributed by atoms with Crippen molar-refractivity contribution in [3.05, 3.63) is 35.4 Å². The summed E-state index contributed by atoms with van der Waals surface area (Å²) in [7, 11) is 3.14. The second kappa shape index (κ2) is 32.6. The number of methoxy groups -OCH3 is 1. The van der Waals surface area contributed by atoms with Crippen LogP contribution >= 0.6 is 0 Å². The standard InChI is InChI=1S/C20H27NO3.C8H18O4.CH5N.CH2O/c1-4-17-8-10-18(11-9-17)13-20(24)21-14-19(23)12-6-15(2)5-7-16(3)22;1-10-5-6-12-8-7-11-4-2-3-9;2*1-2/h1,8-11,15,19,23H,5-7,12-14H2,2-3H3,(H,21,24);9H,2-8H2,1H3;2H2,1H3;1H2. The minimum absolute atomic E-state index is 0.118. The van der Waals surface area contributed by atoms with E-state index in [0.29, 0.717) is 58.2 Å². The van der Waals surface area contributed by atoms with Crippen molar-refractivity contribution < 1.29 is 38.8 Å². The first-order valence-electron chi connectivity index (χ1n) is 13.4. The molecule has 0 bridgehead atoms. The Morgan fingerprint density at radius 3 is 2.12 bits per heavy atom. The summed E-state index contributed by atoms with van der Waals surface area (Å²) in [5, 5.41) is 21.1. The van der Waals surface area contributed by atoms with Crippen LogP contribution in [0.1, 0.15) is 57.1 Å². The monoisotopic (exact) mass is 568 g/mol. The molecular weight excluding hydrogens is 516 g/mol. The highest BCUT2D eigenvalue weighted by molar-refractivity contribution is 5.78. The normalized spacial score (nSPS) is 11.2. The van der Waals surface area contributed by atoms with Gasteiger partial charge in [-0.05, 0) is 63.3 Å². The first-order valence-corrected chi connectivity index (χ1v) is 13.4. The van der Waals surface area contributed by atoms with Gasteiger partial charge in [0.2, 0.25) is 5.91 Å². The molecule has 1 aromatic rings. The molecule has 0 fully saturated rings. The van der Waals surface area contributed by atoms with Crippen LogP contribution in [0.3, 0.4) is 0 Å². The van der Waals surface area contributed by atoms with E-state index < -0.39 is 6.10 Å². The molecule has 0 aliphatic carbocycles. The van der Waals surface area contributed by atoms with Gasteiger partial charge in [-0.1, -0.05) is 25.0 Å². The van der Waals surface area contributed by atoms with Crippen LogP contribution in [0.5, 0.6) is 0 Å². The van der Waals surface area contributed by atoms with Gasteiger partial charge in [-0.25, -0.2) is 0 Å². The molecule has 0 aliphatic heterocycles. The van der Waals surface area contributed by atoms with Crippen LogP contribution in [0, 0.1) is 18.3 Å². The molecule has 0 spiro atoms. The Morgan fingerprint density at radius 2 is 1.60 bits per heavy atom. The molecule has 1 aromatic carbocycles. The Balaban J connectivity index is -0.000000720. The Kier molecular flexibility index (Phi) is 34.0. The fourth-order valence-corrected chi connectivity index (χ4v) is 3.00. The van der Waals surface area contributed by atoms with Gasteiger partial charge in [-0.15, -0.1) is 6.42 Å². The minimum Gasteiger partial charge on any atom is -0.396 e. The number of nitrogens with one attached hydrogen (secondary N) is 1. The van der Waals surface area contributed by atoms with Gasteiger partial charge in [0.25, 0.3) is 0 Å². The van der Waals surface area contributed by atoms with E-state index in [-0.39, 0.29) is 31.3 Å². The summed E-state index contributed by atoms with van der Waals surface area (Å²) in [6, 6.07) is 7.28. The quantitative estimate of drug-likeness (QED) is 0.145. The lowest BCUT2D eigenvalue weighted by Gasteiger charge is -2.15. The molecule has 0 heterocycles. The molecule has 0 aliphatic rings.